The molecule has 1 atom stereocenters. The lowest BCUT2D eigenvalue weighted by molar-refractivity contribution is 0.256. The second-order valence-electron chi connectivity index (χ2n) is 4.04. The molecule has 0 aromatic rings. The third-order valence-corrected chi connectivity index (χ3v) is 2.15. The standard InChI is InChI=1S/C9H19ClFN/c1-9(2,3)8(4-5-10)12-7-6-11/h8,12H,4-7H2,1-3H3. The number of rotatable bonds is 5. The molecule has 0 aromatic carbocycles. The predicted molar refractivity (Wildman–Crippen MR) is 52.6 cm³/mol. The summed E-state index contributed by atoms with van der Waals surface area (Å²) >= 11 is 5.65. The Morgan fingerprint density at radius 1 is 1.42 bits per heavy atom. The maximum Gasteiger partial charge on any atom is 0.102 e. The molecular formula is C9H19ClFN. The minimum atomic E-state index is -0.311. The van der Waals surface area contributed by atoms with Crippen molar-refractivity contribution < 1.29 is 4.39 Å². The molecule has 0 spiro atoms. The average Bonchev–Trinajstić information content (AvgIpc) is 1.95. The van der Waals surface area contributed by atoms with Crippen LogP contribution in [0.25, 0.3) is 0 Å². The molecule has 1 N–H and O–H groups in total. The van der Waals surface area contributed by atoms with Crippen LogP contribution in [0.3, 0.4) is 0 Å². The van der Waals surface area contributed by atoms with Crippen molar-refractivity contribution in [1.29, 1.82) is 0 Å². The third kappa shape index (κ3) is 4.94. The Bertz CT molecular complexity index is 112. The van der Waals surface area contributed by atoms with E-state index in [4.69, 9.17) is 11.6 Å². The van der Waals surface area contributed by atoms with Gasteiger partial charge in [-0.25, -0.2) is 4.39 Å². The van der Waals surface area contributed by atoms with Crippen molar-refractivity contribution in [3.8, 4) is 0 Å². The van der Waals surface area contributed by atoms with Crippen molar-refractivity contribution in [1.82, 2.24) is 5.32 Å². The van der Waals surface area contributed by atoms with E-state index in [0.717, 1.165) is 6.42 Å². The Hall–Kier alpha value is 0.180. The SMILES string of the molecule is CC(C)(C)C(CCCl)NCCF. The lowest BCUT2D eigenvalue weighted by Gasteiger charge is -2.30. The third-order valence-electron chi connectivity index (χ3n) is 1.93. The van der Waals surface area contributed by atoms with Crippen molar-refractivity contribution in [2.45, 2.75) is 33.2 Å². The zero-order chi connectivity index (χ0) is 9.61. The van der Waals surface area contributed by atoms with E-state index in [2.05, 4.69) is 26.1 Å². The molecule has 0 fully saturated rings. The van der Waals surface area contributed by atoms with E-state index in [0.29, 0.717) is 18.5 Å². The smallest absolute Gasteiger partial charge is 0.102 e. The van der Waals surface area contributed by atoms with Crippen LogP contribution in [0, 0.1) is 5.41 Å². The number of hydrogen-bond acceptors (Lipinski definition) is 1. The summed E-state index contributed by atoms with van der Waals surface area (Å²) in [7, 11) is 0. The first-order valence-corrected chi connectivity index (χ1v) is 4.91. The van der Waals surface area contributed by atoms with Gasteiger partial charge in [0.1, 0.15) is 6.67 Å². The van der Waals surface area contributed by atoms with Gasteiger partial charge in [-0.3, -0.25) is 0 Å². The van der Waals surface area contributed by atoms with Crippen LogP contribution >= 0.6 is 11.6 Å². The Labute approximate surface area is 79.7 Å². The molecule has 0 saturated heterocycles. The highest BCUT2D eigenvalue weighted by Crippen LogP contribution is 2.21. The van der Waals surface area contributed by atoms with Crippen molar-refractivity contribution in [3.63, 3.8) is 0 Å². The highest BCUT2D eigenvalue weighted by Gasteiger charge is 2.22. The Morgan fingerprint density at radius 2 is 2.00 bits per heavy atom. The summed E-state index contributed by atoms with van der Waals surface area (Å²) in [5.41, 5.74) is 0.157. The number of alkyl halides is 2. The molecule has 0 bridgehead atoms. The van der Waals surface area contributed by atoms with Crippen molar-refractivity contribution in [2.24, 2.45) is 5.41 Å². The first-order chi connectivity index (χ1) is 5.52. The molecule has 1 nitrogen and oxygen atoms in total. The number of hydrogen-bond donors (Lipinski definition) is 1. The zero-order valence-electron chi connectivity index (χ0n) is 8.16. The zero-order valence-corrected chi connectivity index (χ0v) is 8.92. The molecule has 0 aromatic heterocycles. The van der Waals surface area contributed by atoms with Gasteiger partial charge in [-0.15, -0.1) is 11.6 Å². The van der Waals surface area contributed by atoms with Crippen LogP contribution in [-0.2, 0) is 0 Å². The first-order valence-electron chi connectivity index (χ1n) is 4.37. The van der Waals surface area contributed by atoms with Crippen LogP contribution in [0.5, 0.6) is 0 Å². The predicted octanol–water partition coefficient (Wildman–Crippen LogP) is 2.59. The molecule has 0 rings (SSSR count). The van der Waals surface area contributed by atoms with E-state index in [9.17, 15) is 4.39 Å². The Kier molecular flexibility index (Phi) is 5.85. The molecule has 0 aliphatic heterocycles. The fourth-order valence-electron chi connectivity index (χ4n) is 1.18. The normalized spacial score (nSPS) is 14.8. The van der Waals surface area contributed by atoms with Gasteiger partial charge in [0, 0.05) is 18.5 Å². The highest BCUT2D eigenvalue weighted by atomic mass is 35.5. The number of halogens is 2. The van der Waals surface area contributed by atoms with Gasteiger partial charge in [-0.2, -0.15) is 0 Å². The largest absolute Gasteiger partial charge is 0.311 e. The van der Waals surface area contributed by atoms with Crippen LogP contribution in [0.1, 0.15) is 27.2 Å². The number of nitrogens with one attached hydrogen (secondary N) is 1. The van der Waals surface area contributed by atoms with E-state index >= 15 is 0 Å². The maximum absolute atomic E-state index is 11.9. The van der Waals surface area contributed by atoms with Crippen molar-refractivity contribution in [2.75, 3.05) is 19.1 Å². The van der Waals surface area contributed by atoms with E-state index in [-0.39, 0.29) is 12.1 Å². The van der Waals surface area contributed by atoms with Gasteiger partial charge in [-0.1, -0.05) is 20.8 Å². The summed E-state index contributed by atoms with van der Waals surface area (Å²) in [6.07, 6.45) is 0.894. The van der Waals surface area contributed by atoms with E-state index in [1.165, 1.54) is 0 Å². The Morgan fingerprint density at radius 3 is 2.33 bits per heavy atom. The quantitative estimate of drug-likeness (QED) is 0.665. The topological polar surface area (TPSA) is 12.0 Å². The lowest BCUT2D eigenvalue weighted by atomic mass is 9.85. The molecular weight excluding hydrogens is 177 g/mol. The molecule has 74 valence electrons. The minimum absolute atomic E-state index is 0.157. The van der Waals surface area contributed by atoms with E-state index in [1.54, 1.807) is 0 Å². The van der Waals surface area contributed by atoms with Gasteiger partial charge < -0.3 is 5.32 Å². The monoisotopic (exact) mass is 195 g/mol. The molecule has 0 aliphatic carbocycles. The minimum Gasteiger partial charge on any atom is -0.311 e. The summed E-state index contributed by atoms with van der Waals surface area (Å²) in [5, 5.41) is 3.15. The molecule has 3 heteroatoms. The van der Waals surface area contributed by atoms with Crippen molar-refractivity contribution in [3.05, 3.63) is 0 Å². The summed E-state index contributed by atoms with van der Waals surface area (Å²) < 4.78 is 11.9. The van der Waals surface area contributed by atoms with Gasteiger partial charge in [0.05, 0.1) is 0 Å². The fourth-order valence-corrected chi connectivity index (χ4v) is 1.40. The summed E-state index contributed by atoms with van der Waals surface area (Å²) in [6, 6.07) is 0.311. The fraction of sp³-hybridized carbons (Fsp3) is 1.00. The molecule has 0 radical (unpaired) electrons. The second-order valence-corrected chi connectivity index (χ2v) is 4.42. The first kappa shape index (κ1) is 12.2. The van der Waals surface area contributed by atoms with Crippen LogP contribution in [0.15, 0.2) is 0 Å². The molecule has 1 unspecified atom stereocenters. The van der Waals surface area contributed by atoms with Crippen LogP contribution in [-0.4, -0.2) is 25.1 Å². The summed E-state index contributed by atoms with van der Waals surface area (Å²) in [6.45, 7) is 6.52. The van der Waals surface area contributed by atoms with Gasteiger partial charge in [0.2, 0.25) is 0 Å². The second kappa shape index (κ2) is 5.76. The summed E-state index contributed by atoms with van der Waals surface area (Å²) in [5.74, 6) is 0.626. The Balaban J connectivity index is 3.86. The maximum atomic E-state index is 11.9. The van der Waals surface area contributed by atoms with Gasteiger partial charge in [-0.05, 0) is 11.8 Å². The molecule has 0 aliphatic rings. The summed E-state index contributed by atoms with van der Waals surface area (Å²) in [4.78, 5) is 0. The lowest BCUT2D eigenvalue weighted by Crippen LogP contribution is -2.41. The van der Waals surface area contributed by atoms with E-state index in [1.807, 2.05) is 0 Å². The van der Waals surface area contributed by atoms with Crippen molar-refractivity contribution >= 4 is 11.6 Å². The van der Waals surface area contributed by atoms with Crippen LogP contribution in [0.2, 0.25) is 0 Å². The highest BCUT2D eigenvalue weighted by molar-refractivity contribution is 6.17. The molecule has 0 heterocycles. The molecule has 0 saturated carbocycles. The van der Waals surface area contributed by atoms with E-state index < -0.39 is 0 Å². The van der Waals surface area contributed by atoms with Crippen LogP contribution < -0.4 is 5.32 Å². The van der Waals surface area contributed by atoms with Gasteiger partial charge in [0.25, 0.3) is 0 Å². The van der Waals surface area contributed by atoms with Gasteiger partial charge in [0.15, 0.2) is 0 Å². The van der Waals surface area contributed by atoms with Crippen LogP contribution in [0.4, 0.5) is 4.39 Å². The molecule has 12 heavy (non-hydrogen) atoms. The van der Waals surface area contributed by atoms with Gasteiger partial charge >= 0.3 is 0 Å². The average molecular weight is 196 g/mol. The molecule has 0 amide bonds.